The van der Waals surface area contributed by atoms with Crippen molar-refractivity contribution in [3.63, 3.8) is 0 Å². The van der Waals surface area contributed by atoms with Crippen molar-refractivity contribution in [3.05, 3.63) is 27.7 Å². The van der Waals surface area contributed by atoms with Crippen molar-refractivity contribution < 1.29 is 9.53 Å². The van der Waals surface area contributed by atoms with Crippen molar-refractivity contribution in [1.29, 1.82) is 0 Å². The van der Waals surface area contributed by atoms with Gasteiger partial charge < -0.3 is 10.5 Å². The second-order valence-electron chi connectivity index (χ2n) is 3.35. The summed E-state index contributed by atoms with van der Waals surface area (Å²) in [5, 5.41) is 0.429. The van der Waals surface area contributed by atoms with Gasteiger partial charge in [-0.1, -0.05) is 23.2 Å². The van der Waals surface area contributed by atoms with E-state index in [0.717, 1.165) is 12.2 Å². The van der Waals surface area contributed by atoms with Crippen LogP contribution >= 0.6 is 35.0 Å². The molecule has 0 spiro atoms. The minimum Gasteiger partial charge on any atom is -0.462 e. The molecule has 0 heterocycles. The van der Waals surface area contributed by atoms with E-state index in [1.807, 2.05) is 6.26 Å². The van der Waals surface area contributed by atoms with E-state index in [4.69, 9.17) is 33.7 Å². The molecule has 1 aromatic rings. The molecule has 1 aromatic carbocycles. The highest BCUT2D eigenvalue weighted by Crippen LogP contribution is 2.29. The van der Waals surface area contributed by atoms with Crippen LogP contribution in [-0.4, -0.2) is 24.6 Å². The number of hydrogen-bond donors (Lipinski definition) is 1. The van der Waals surface area contributed by atoms with E-state index in [1.165, 1.54) is 12.1 Å². The summed E-state index contributed by atoms with van der Waals surface area (Å²) in [6.45, 7) is 0.364. The summed E-state index contributed by atoms with van der Waals surface area (Å²) >= 11 is 13.4. The molecule has 0 fully saturated rings. The average Bonchev–Trinajstić information content (AvgIpc) is 2.29. The molecule has 0 radical (unpaired) electrons. The Balaban J connectivity index is 2.69. The first-order valence-electron chi connectivity index (χ1n) is 4.97. The maximum atomic E-state index is 11.7. The molecule has 0 atom stereocenters. The predicted octanol–water partition coefficient (Wildman–Crippen LogP) is 3.49. The molecule has 0 aromatic heterocycles. The number of esters is 1. The summed E-state index contributed by atoms with van der Waals surface area (Å²) in [6.07, 6.45) is 2.80. The van der Waals surface area contributed by atoms with Crippen molar-refractivity contribution in [1.82, 2.24) is 0 Å². The SMILES string of the molecule is CSCCCOC(=O)c1cc(N)cc(Cl)c1Cl. The number of nitrogen functional groups attached to an aromatic ring is 1. The van der Waals surface area contributed by atoms with Crippen LogP contribution in [-0.2, 0) is 4.74 Å². The van der Waals surface area contributed by atoms with Crippen molar-refractivity contribution in [2.24, 2.45) is 0 Å². The lowest BCUT2D eigenvalue weighted by Crippen LogP contribution is -2.08. The third-order valence-electron chi connectivity index (χ3n) is 2.00. The molecule has 0 aliphatic rings. The van der Waals surface area contributed by atoms with Gasteiger partial charge in [0.2, 0.25) is 0 Å². The van der Waals surface area contributed by atoms with E-state index in [-0.39, 0.29) is 15.6 Å². The molecule has 0 aliphatic carbocycles. The number of benzene rings is 1. The Labute approximate surface area is 115 Å². The Morgan fingerprint density at radius 1 is 1.47 bits per heavy atom. The highest BCUT2D eigenvalue weighted by Gasteiger charge is 2.15. The van der Waals surface area contributed by atoms with E-state index in [1.54, 1.807) is 11.8 Å². The largest absolute Gasteiger partial charge is 0.462 e. The Morgan fingerprint density at radius 2 is 2.18 bits per heavy atom. The van der Waals surface area contributed by atoms with Gasteiger partial charge in [0.05, 0.1) is 22.2 Å². The zero-order valence-electron chi connectivity index (χ0n) is 9.33. The van der Waals surface area contributed by atoms with E-state index in [9.17, 15) is 4.79 Å². The fourth-order valence-corrected chi connectivity index (χ4v) is 2.03. The average molecular weight is 294 g/mol. The van der Waals surface area contributed by atoms with Crippen molar-refractivity contribution in [2.45, 2.75) is 6.42 Å². The standard InChI is InChI=1S/C11H13Cl2NO2S/c1-17-4-2-3-16-11(15)8-5-7(14)6-9(12)10(8)13/h5-6H,2-4,14H2,1H3. The van der Waals surface area contributed by atoms with Gasteiger partial charge in [0.15, 0.2) is 0 Å². The summed E-state index contributed by atoms with van der Waals surface area (Å²) in [5.74, 6) is 0.448. The van der Waals surface area contributed by atoms with Crippen LogP contribution in [0.5, 0.6) is 0 Å². The van der Waals surface area contributed by atoms with Gasteiger partial charge in [-0.25, -0.2) is 4.79 Å². The molecule has 0 unspecified atom stereocenters. The molecule has 0 bridgehead atoms. The van der Waals surface area contributed by atoms with E-state index < -0.39 is 5.97 Å². The molecule has 3 nitrogen and oxygen atoms in total. The van der Waals surface area contributed by atoms with E-state index >= 15 is 0 Å². The topological polar surface area (TPSA) is 52.3 Å². The summed E-state index contributed by atoms with van der Waals surface area (Å²) in [6, 6.07) is 2.96. The van der Waals surface area contributed by atoms with Gasteiger partial charge in [-0.2, -0.15) is 11.8 Å². The van der Waals surface area contributed by atoms with Crippen LogP contribution < -0.4 is 5.73 Å². The molecule has 0 aliphatic heterocycles. The highest BCUT2D eigenvalue weighted by atomic mass is 35.5. The second kappa shape index (κ2) is 6.99. The third-order valence-corrected chi connectivity index (χ3v) is 3.50. The number of rotatable bonds is 5. The van der Waals surface area contributed by atoms with Gasteiger partial charge in [-0.15, -0.1) is 0 Å². The maximum Gasteiger partial charge on any atom is 0.339 e. The van der Waals surface area contributed by atoms with Gasteiger partial charge in [0, 0.05) is 5.69 Å². The number of ether oxygens (including phenoxy) is 1. The minimum atomic E-state index is -0.495. The number of nitrogens with two attached hydrogens (primary N) is 1. The molecule has 0 saturated heterocycles. The molecular weight excluding hydrogens is 281 g/mol. The van der Waals surface area contributed by atoms with Gasteiger partial charge >= 0.3 is 5.97 Å². The van der Waals surface area contributed by atoms with Gasteiger partial charge in [-0.3, -0.25) is 0 Å². The number of hydrogen-bond acceptors (Lipinski definition) is 4. The van der Waals surface area contributed by atoms with Crippen molar-refractivity contribution >= 4 is 46.6 Å². The summed E-state index contributed by atoms with van der Waals surface area (Å²) in [4.78, 5) is 11.7. The lowest BCUT2D eigenvalue weighted by molar-refractivity contribution is 0.0506. The number of thioether (sulfide) groups is 1. The van der Waals surface area contributed by atoms with E-state index in [2.05, 4.69) is 0 Å². The Hall–Kier alpha value is -0.580. The lowest BCUT2D eigenvalue weighted by atomic mass is 10.2. The van der Waals surface area contributed by atoms with Crippen LogP contribution in [0.1, 0.15) is 16.8 Å². The first kappa shape index (κ1) is 14.5. The number of anilines is 1. The highest BCUT2D eigenvalue weighted by molar-refractivity contribution is 7.98. The predicted molar refractivity (Wildman–Crippen MR) is 74.2 cm³/mol. The molecule has 1 rings (SSSR count). The third kappa shape index (κ3) is 4.30. The first-order chi connectivity index (χ1) is 8.06. The van der Waals surface area contributed by atoms with Gasteiger partial charge in [-0.05, 0) is 30.6 Å². The number of carbonyl (C=O) groups is 1. The van der Waals surface area contributed by atoms with Gasteiger partial charge in [0.25, 0.3) is 0 Å². The van der Waals surface area contributed by atoms with Crippen LogP contribution in [0, 0.1) is 0 Å². The summed E-state index contributed by atoms with van der Waals surface area (Å²) < 4.78 is 5.07. The molecular formula is C11H13Cl2NO2S. The molecule has 2 N–H and O–H groups in total. The summed E-state index contributed by atoms with van der Waals surface area (Å²) in [5.41, 5.74) is 6.18. The zero-order chi connectivity index (χ0) is 12.8. The van der Waals surface area contributed by atoms with Crippen LogP contribution in [0.25, 0.3) is 0 Å². The Morgan fingerprint density at radius 3 is 2.82 bits per heavy atom. The molecule has 17 heavy (non-hydrogen) atoms. The van der Waals surface area contributed by atoms with Crippen molar-refractivity contribution in [2.75, 3.05) is 24.3 Å². The van der Waals surface area contributed by atoms with Crippen LogP contribution in [0.3, 0.4) is 0 Å². The van der Waals surface area contributed by atoms with E-state index in [0.29, 0.717) is 12.3 Å². The number of carbonyl (C=O) groups excluding carboxylic acids is 1. The van der Waals surface area contributed by atoms with Crippen LogP contribution in [0.15, 0.2) is 12.1 Å². The normalized spacial score (nSPS) is 10.3. The first-order valence-corrected chi connectivity index (χ1v) is 7.11. The second-order valence-corrected chi connectivity index (χ2v) is 5.12. The molecule has 6 heteroatoms. The number of halogens is 2. The summed E-state index contributed by atoms with van der Waals surface area (Å²) in [7, 11) is 0. The quantitative estimate of drug-likeness (QED) is 0.513. The Kier molecular flexibility index (Phi) is 5.95. The monoisotopic (exact) mass is 293 g/mol. The van der Waals surface area contributed by atoms with Gasteiger partial charge in [0.1, 0.15) is 0 Å². The molecule has 0 amide bonds. The lowest BCUT2D eigenvalue weighted by Gasteiger charge is -2.08. The molecule has 0 saturated carbocycles. The zero-order valence-corrected chi connectivity index (χ0v) is 11.7. The smallest absolute Gasteiger partial charge is 0.339 e. The molecule has 94 valence electrons. The Bertz CT molecular complexity index is 413. The fraction of sp³-hybridized carbons (Fsp3) is 0.364. The van der Waals surface area contributed by atoms with Crippen LogP contribution in [0.2, 0.25) is 10.0 Å². The van der Waals surface area contributed by atoms with Crippen molar-refractivity contribution in [3.8, 4) is 0 Å². The van der Waals surface area contributed by atoms with Crippen LogP contribution in [0.4, 0.5) is 5.69 Å². The fourth-order valence-electron chi connectivity index (χ4n) is 1.20. The maximum absolute atomic E-state index is 11.7. The minimum absolute atomic E-state index is 0.177.